The van der Waals surface area contributed by atoms with Crippen molar-refractivity contribution >= 4 is 11.8 Å². The van der Waals surface area contributed by atoms with Crippen LogP contribution in [0.3, 0.4) is 0 Å². The van der Waals surface area contributed by atoms with Crippen molar-refractivity contribution in [2.45, 2.75) is 25.7 Å². The maximum Gasteiger partial charge on any atom is 0.290 e. The van der Waals surface area contributed by atoms with Gasteiger partial charge in [-0.15, -0.1) is 0 Å². The molecule has 5 heteroatoms. The highest BCUT2D eigenvalue weighted by molar-refractivity contribution is 5.98. The smallest absolute Gasteiger partial charge is 0.290 e. The predicted molar refractivity (Wildman–Crippen MR) is 98.5 cm³/mol. The summed E-state index contributed by atoms with van der Waals surface area (Å²) in [6, 6.07) is 11.6. The Kier molecular flexibility index (Phi) is 4.78. The summed E-state index contributed by atoms with van der Waals surface area (Å²) >= 11 is 0. The molecule has 0 radical (unpaired) electrons. The SMILES string of the molecule is O=C(NCC1CC1)C1CCCN(C(=O)c2occc2-c2ccccc2)C1. The van der Waals surface area contributed by atoms with E-state index >= 15 is 0 Å². The molecule has 1 unspecified atom stereocenters. The molecule has 1 aliphatic heterocycles. The van der Waals surface area contributed by atoms with Gasteiger partial charge in [-0.25, -0.2) is 0 Å². The van der Waals surface area contributed by atoms with Gasteiger partial charge in [-0.1, -0.05) is 30.3 Å². The minimum Gasteiger partial charge on any atom is -0.459 e. The van der Waals surface area contributed by atoms with E-state index in [2.05, 4.69) is 5.32 Å². The Balaban J connectivity index is 1.44. The maximum absolute atomic E-state index is 13.0. The molecule has 1 aromatic carbocycles. The third kappa shape index (κ3) is 3.66. The summed E-state index contributed by atoms with van der Waals surface area (Å²) in [6.45, 7) is 1.91. The number of nitrogens with zero attached hydrogens (tertiary/aromatic N) is 1. The van der Waals surface area contributed by atoms with E-state index in [1.54, 1.807) is 11.2 Å². The Labute approximate surface area is 153 Å². The molecule has 2 amide bonds. The summed E-state index contributed by atoms with van der Waals surface area (Å²) in [4.78, 5) is 27.2. The molecule has 2 heterocycles. The van der Waals surface area contributed by atoms with Gasteiger partial charge in [-0.05, 0) is 43.2 Å². The maximum atomic E-state index is 13.0. The summed E-state index contributed by atoms with van der Waals surface area (Å²) in [5.74, 6) is 0.847. The number of hydrogen-bond donors (Lipinski definition) is 1. The zero-order valence-electron chi connectivity index (χ0n) is 14.8. The molecule has 26 heavy (non-hydrogen) atoms. The number of amides is 2. The zero-order chi connectivity index (χ0) is 17.9. The topological polar surface area (TPSA) is 62.6 Å². The van der Waals surface area contributed by atoms with E-state index in [1.165, 1.54) is 12.8 Å². The molecule has 1 saturated carbocycles. The van der Waals surface area contributed by atoms with Crippen molar-refractivity contribution in [2.75, 3.05) is 19.6 Å². The van der Waals surface area contributed by atoms with Gasteiger partial charge < -0.3 is 14.6 Å². The quantitative estimate of drug-likeness (QED) is 0.898. The molecule has 5 nitrogen and oxygen atoms in total. The molecular weight excluding hydrogens is 328 g/mol. The minimum atomic E-state index is -0.131. The van der Waals surface area contributed by atoms with Crippen LogP contribution < -0.4 is 5.32 Å². The van der Waals surface area contributed by atoms with Crippen LogP contribution in [-0.2, 0) is 4.79 Å². The van der Waals surface area contributed by atoms with E-state index in [-0.39, 0.29) is 17.7 Å². The number of likely N-dealkylation sites (tertiary alicyclic amines) is 1. The largest absolute Gasteiger partial charge is 0.459 e. The Bertz CT molecular complexity index is 780. The number of nitrogens with one attached hydrogen (secondary N) is 1. The van der Waals surface area contributed by atoms with Crippen molar-refractivity contribution in [3.8, 4) is 11.1 Å². The first-order valence-electron chi connectivity index (χ1n) is 9.42. The highest BCUT2D eigenvalue weighted by atomic mass is 16.3. The van der Waals surface area contributed by atoms with Crippen LogP contribution in [-0.4, -0.2) is 36.3 Å². The molecule has 1 saturated heterocycles. The molecule has 1 aliphatic carbocycles. The summed E-state index contributed by atoms with van der Waals surface area (Å²) in [5, 5.41) is 3.05. The monoisotopic (exact) mass is 352 g/mol. The normalized spacial score (nSPS) is 20.0. The first-order chi connectivity index (χ1) is 12.7. The van der Waals surface area contributed by atoms with E-state index < -0.39 is 0 Å². The van der Waals surface area contributed by atoms with E-state index in [0.29, 0.717) is 24.8 Å². The second-order valence-electron chi connectivity index (χ2n) is 7.31. The summed E-state index contributed by atoms with van der Waals surface area (Å²) in [5.41, 5.74) is 1.76. The van der Waals surface area contributed by atoms with Crippen LogP contribution >= 0.6 is 0 Å². The lowest BCUT2D eigenvalue weighted by atomic mass is 9.96. The van der Waals surface area contributed by atoms with E-state index in [9.17, 15) is 9.59 Å². The molecule has 1 N–H and O–H groups in total. The molecule has 0 bridgehead atoms. The van der Waals surface area contributed by atoms with Crippen LogP contribution in [0.2, 0.25) is 0 Å². The van der Waals surface area contributed by atoms with E-state index in [4.69, 9.17) is 4.42 Å². The Morgan fingerprint density at radius 1 is 1.12 bits per heavy atom. The van der Waals surface area contributed by atoms with Crippen molar-refractivity contribution in [1.82, 2.24) is 10.2 Å². The average molecular weight is 352 g/mol. The van der Waals surface area contributed by atoms with Crippen molar-refractivity contribution in [1.29, 1.82) is 0 Å². The lowest BCUT2D eigenvalue weighted by Gasteiger charge is -2.31. The number of piperidine rings is 1. The molecule has 0 spiro atoms. The average Bonchev–Trinajstić information content (AvgIpc) is 3.40. The number of carbonyl (C=O) groups excluding carboxylic acids is 2. The van der Waals surface area contributed by atoms with Crippen LogP contribution in [0.25, 0.3) is 11.1 Å². The number of carbonyl (C=O) groups is 2. The second kappa shape index (κ2) is 7.36. The van der Waals surface area contributed by atoms with Crippen LogP contribution in [0, 0.1) is 11.8 Å². The fraction of sp³-hybridized carbons (Fsp3) is 0.429. The van der Waals surface area contributed by atoms with Gasteiger partial charge in [0.05, 0.1) is 12.2 Å². The molecule has 2 fully saturated rings. The van der Waals surface area contributed by atoms with Crippen molar-refractivity contribution in [3.63, 3.8) is 0 Å². The number of hydrogen-bond acceptors (Lipinski definition) is 3. The summed E-state index contributed by atoms with van der Waals surface area (Å²) in [6.07, 6.45) is 5.67. The fourth-order valence-electron chi connectivity index (χ4n) is 3.55. The van der Waals surface area contributed by atoms with Gasteiger partial charge in [0.25, 0.3) is 5.91 Å². The van der Waals surface area contributed by atoms with Gasteiger partial charge >= 0.3 is 0 Å². The second-order valence-corrected chi connectivity index (χ2v) is 7.31. The predicted octanol–water partition coefficient (Wildman–Crippen LogP) is 3.33. The lowest BCUT2D eigenvalue weighted by molar-refractivity contribution is -0.126. The van der Waals surface area contributed by atoms with Crippen molar-refractivity contribution in [2.24, 2.45) is 11.8 Å². The highest BCUT2D eigenvalue weighted by Crippen LogP contribution is 2.29. The number of benzene rings is 1. The highest BCUT2D eigenvalue weighted by Gasteiger charge is 2.32. The van der Waals surface area contributed by atoms with E-state index in [0.717, 1.165) is 30.5 Å². The van der Waals surface area contributed by atoms with Gasteiger partial charge in [0, 0.05) is 25.2 Å². The third-order valence-corrected chi connectivity index (χ3v) is 5.29. The van der Waals surface area contributed by atoms with Crippen molar-refractivity contribution in [3.05, 3.63) is 48.4 Å². The van der Waals surface area contributed by atoms with Gasteiger partial charge in [0.15, 0.2) is 5.76 Å². The van der Waals surface area contributed by atoms with Gasteiger partial charge in [0.2, 0.25) is 5.91 Å². The minimum absolute atomic E-state index is 0.0807. The van der Waals surface area contributed by atoms with Crippen LogP contribution in [0.1, 0.15) is 36.2 Å². The Hall–Kier alpha value is -2.56. The Morgan fingerprint density at radius 2 is 1.92 bits per heavy atom. The van der Waals surface area contributed by atoms with Crippen LogP contribution in [0.5, 0.6) is 0 Å². The first-order valence-corrected chi connectivity index (χ1v) is 9.42. The third-order valence-electron chi connectivity index (χ3n) is 5.29. The molecule has 1 aromatic heterocycles. The zero-order valence-corrected chi connectivity index (χ0v) is 14.8. The van der Waals surface area contributed by atoms with Gasteiger partial charge in [0.1, 0.15) is 0 Å². The molecular formula is C21H24N2O3. The summed E-state index contributed by atoms with van der Waals surface area (Å²) < 4.78 is 5.53. The molecule has 1 atom stereocenters. The van der Waals surface area contributed by atoms with Crippen LogP contribution in [0.15, 0.2) is 47.1 Å². The van der Waals surface area contributed by atoms with E-state index in [1.807, 2.05) is 36.4 Å². The first kappa shape index (κ1) is 16.9. The van der Waals surface area contributed by atoms with Gasteiger partial charge in [-0.2, -0.15) is 0 Å². The lowest BCUT2D eigenvalue weighted by Crippen LogP contribution is -2.45. The van der Waals surface area contributed by atoms with Crippen LogP contribution in [0.4, 0.5) is 0 Å². The number of furan rings is 1. The fourth-order valence-corrected chi connectivity index (χ4v) is 3.55. The van der Waals surface area contributed by atoms with Crippen molar-refractivity contribution < 1.29 is 14.0 Å². The summed E-state index contributed by atoms with van der Waals surface area (Å²) in [7, 11) is 0. The molecule has 2 aliphatic rings. The standard InChI is InChI=1S/C21H24N2O3/c24-20(22-13-15-8-9-15)17-7-4-11-23(14-17)21(25)19-18(10-12-26-19)16-5-2-1-3-6-16/h1-3,5-6,10,12,15,17H,4,7-9,11,13-14H2,(H,22,24). The molecule has 136 valence electrons. The molecule has 2 aromatic rings. The Morgan fingerprint density at radius 3 is 2.69 bits per heavy atom. The number of rotatable bonds is 5. The van der Waals surface area contributed by atoms with Gasteiger partial charge in [-0.3, -0.25) is 9.59 Å². The molecule has 4 rings (SSSR count).